The maximum absolute atomic E-state index is 6.11. The molecule has 3 N–H and O–H groups in total. The van der Waals surface area contributed by atoms with E-state index in [0.717, 1.165) is 56.2 Å². The first-order valence-corrected chi connectivity index (χ1v) is 10.3. The van der Waals surface area contributed by atoms with Crippen LogP contribution in [0.15, 0.2) is 47.5 Å². The molecule has 1 saturated heterocycles. The number of hydrogen-bond donors (Lipinski definition) is 2. The van der Waals surface area contributed by atoms with Gasteiger partial charge in [0.25, 0.3) is 0 Å². The Bertz CT molecular complexity index is 831. The molecule has 1 aliphatic heterocycles. The second-order valence-electron chi connectivity index (χ2n) is 7.48. The Morgan fingerprint density at radius 3 is 2.30 bits per heavy atom. The Morgan fingerprint density at radius 1 is 1.00 bits per heavy atom. The molecular weight excluding hydrogens is 380 g/mol. The van der Waals surface area contributed by atoms with Gasteiger partial charge in [-0.25, -0.2) is 0 Å². The third-order valence-electron chi connectivity index (χ3n) is 5.46. The summed E-state index contributed by atoms with van der Waals surface area (Å²) in [5, 5.41) is 3.13. The van der Waals surface area contributed by atoms with E-state index in [1.807, 2.05) is 30.3 Å². The van der Waals surface area contributed by atoms with E-state index in [9.17, 15) is 0 Å². The maximum atomic E-state index is 6.11. The lowest BCUT2D eigenvalue weighted by atomic mass is 9.96. The fourth-order valence-electron chi connectivity index (χ4n) is 3.63. The third-order valence-corrected chi connectivity index (χ3v) is 5.46. The van der Waals surface area contributed by atoms with Crippen molar-refractivity contribution in [2.24, 2.45) is 16.6 Å². The van der Waals surface area contributed by atoms with E-state index in [1.54, 1.807) is 21.3 Å². The van der Waals surface area contributed by atoms with Gasteiger partial charge in [-0.15, -0.1) is 0 Å². The zero-order valence-corrected chi connectivity index (χ0v) is 18.1. The van der Waals surface area contributed by atoms with Gasteiger partial charge in [-0.3, -0.25) is 9.89 Å². The highest BCUT2D eigenvalue weighted by molar-refractivity contribution is 5.94. The fourth-order valence-corrected chi connectivity index (χ4v) is 3.63. The summed E-state index contributed by atoms with van der Waals surface area (Å²) >= 11 is 0. The molecule has 162 valence electrons. The number of rotatable bonds is 8. The van der Waals surface area contributed by atoms with E-state index in [4.69, 9.17) is 19.9 Å². The highest BCUT2D eigenvalue weighted by Gasteiger charge is 2.19. The summed E-state index contributed by atoms with van der Waals surface area (Å²) in [4.78, 5) is 7.05. The van der Waals surface area contributed by atoms with Gasteiger partial charge in [0.15, 0.2) is 5.96 Å². The van der Waals surface area contributed by atoms with Crippen molar-refractivity contribution >= 4 is 11.6 Å². The largest absolute Gasteiger partial charge is 0.497 e. The van der Waals surface area contributed by atoms with Gasteiger partial charge in [-0.2, -0.15) is 0 Å². The van der Waals surface area contributed by atoms with Crippen LogP contribution < -0.4 is 25.3 Å². The third kappa shape index (κ3) is 6.03. The number of benzene rings is 2. The molecular formula is C23H32N4O3. The first-order valence-electron chi connectivity index (χ1n) is 10.3. The van der Waals surface area contributed by atoms with E-state index in [0.29, 0.717) is 17.6 Å². The van der Waals surface area contributed by atoms with Crippen LogP contribution in [-0.4, -0.2) is 51.8 Å². The normalized spacial score (nSPS) is 15.6. The van der Waals surface area contributed by atoms with Gasteiger partial charge < -0.3 is 25.3 Å². The summed E-state index contributed by atoms with van der Waals surface area (Å²) < 4.78 is 15.9. The van der Waals surface area contributed by atoms with Crippen molar-refractivity contribution < 1.29 is 14.2 Å². The minimum Gasteiger partial charge on any atom is -0.497 e. The SMILES string of the molecule is COc1ccc(CN2CCC(CN=C(N)Nc3cc(OC)ccc3OC)CC2)cc1. The molecule has 1 aliphatic rings. The van der Waals surface area contributed by atoms with Gasteiger partial charge in [0.05, 0.1) is 27.0 Å². The Kier molecular flexibility index (Phi) is 7.79. The number of aliphatic imine (C=N–C) groups is 1. The van der Waals surface area contributed by atoms with Crippen LogP contribution in [0, 0.1) is 5.92 Å². The highest BCUT2D eigenvalue weighted by Crippen LogP contribution is 2.28. The zero-order valence-electron chi connectivity index (χ0n) is 18.1. The van der Waals surface area contributed by atoms with Crippen molar-refractivity contribution in [3.05, 3.63) is 48.0 Å². The number of guanidine groups is 1. The molecule has 0 radical (unpaired) electrons. The lowest BCUT2D eigenvalue weighted by molar-refractivity contribution is 0.180. The lowest BCUT2D eigenvalue weighted by Crippen LogP contribution is -2.34. The predicted molar refractivity (Wildman–Crippen MR) is 121 cm³/mol. The quantitative estimate of drug-likeness (QED) is 0.511. The second-order valence-corrected chi connectivity index (χ2v) is 7.48. The molecule has 2 aromatic carbocycles. The lowest BCUT2D eigenvalue weighted by Gasteiger charge is -2.31. The molecule has 2 aromatic rings. The minimum absolute atomic E-state index is 0.391. The van der Waals surface area contributed by atoms with Crippen molar-refractivity contribution in [2.45, 2.75) is 19.4 Å². The number of ether oxygens (including phenoxy) is 3. The molecule has 7 nitrogen and oxygen atoms in total. The molecule has 0 aliphatic carbocycles. The monoisotopic (exact) mass is 412 g/mol. The van der Waals surface area contributed by atoms with E-state index >= 15 is 0 Å². The first-order chi connectivity index (χ1) is 14.6. The second kappa shape index (κ2) is 10.7. The van der Waals surface area contributed by atoms with E-state index in [1.165, 1.54) is 5.56 Å². The molecule has 0 amide bonds. The Hall–Kier alpha value is -2.93. The number of nitrogens with one attached hydrogen (secondary N) is 1. The minimum atomic E-state index is 0.391. The van der Waals surface area contributed by atoms with Crippen LogP contribution in [0.1, 0.15) is 18.4 Å². The number of hydrogen-bond acceptors (Lipinski definition) is 5. The number of piperidine rings is 1. The average molecular weight is 413 g/mol. The molecule has 1 heterocycles. The molecule has 1 fully saturated rings. The number of nitrogens with two attached hydrogens (primary N) is 1. The molecule has 0 spiro atoms. The zero-order chi connectivity index (χ0) is 21.3. The van der Waals surface area contributed by atoms with Crippen molar-refractivity contribution in [1.82, 2.24) is 4.90 Å². The van der Waals surface area contributed by atoms with Crippen LogP contribution in [-0.2, 0) is 6.54 Å². The van der Waals surface area contributed by atoms with Gasteiger partial charge in [0.2, 0.25) is 0 Å². The van der Waals surface area contributed by atoms with Crippen LogP contribution in [0.3, 0.4) is 0 Å². The van der Waals surface area contributed by atoms with Crippen LogP contribution in [0.5, 0.6) is 17.2 Å². The van der Waals surface area contributed by atoms with Gasteiger partial charge in [0, 0.05) is 19.2 Å². The number of likely N-dealkylation sites (tertiary alicyclic amines) is 1. The number of methoxy groups -OCH3 is 3. The molecule has 3 rings (SSSR count). The highest BCUT2D eigenvalue weighted by atomic mass is 16.5. The average Bonchev–Trinajstić information content (AvgIpc) is 2.79. The number of nitrogens with zero attached hydrogens (tertiary/aromatic N) is 2. The Balaban J connectivity index is 1.47. The predicted octanol–water partition coefficient (Wildman–Crippen LogP) is 3.35. The van der Waals surface area contributed by atoms with Crippen LogP contribution in [0.25, 0.3) is 0 Å². The van der Waals surface area contributed by atoms with Crippen molar-refractivity contribution in [1.29, 1.82) is 0 Å². The summed E-state index contributed by atoms with van der Waals surface area (Å²) in [6, 6.07) is 13.8. The number of anilines is 1. The Morgan fingerprint density at radius 2 is 1.67 bits per heavy atom. The van der Waals surface area contributed by atoms with Crippen molar-refractivity contribution in [3.8, 4) is 17.2 Å². The Labute approximate surface area is 178 Å². The summed E-state index contributed by atoms with van der Waals surface area (Å²) in [5.41, 5.74) is 8.17. The first kappa shape index (κ1) is 21.8. The van der Waals surface area contributed by atoms with Crippen molar-refractivity contribution in [2.75, 3.05) is 46.3 Å². The molecule has 0 unspecified atom stereocenters. The maximum Gasteiger partial charge on any atom is 0.193 e. The molecule has 0 saturated carbocycles. The summed E-state index contributed by atoms with van der Waals surface area (Å²) in [6.45, 7) is 3.84. The molecule has 7 heteroatoms. The van der Waals surface area contributed by atoms with Crippen LogP contribution in [0.4, 0.5) is 5.69 Å². The van der Waals surface area contributed by atoms with Gasteiger partial charge in [-0.1, -0.05) is 12.1 Å². The van der Waals surface area contributed by atoms with E-state index in [2.05, 4.69) is 27.3 Å². The molecule has 30 heavy (non-hydrogen) atoms. The van der Waals surface area contributed by atoms with Crippen molar-refractivity contribution in [3.63, 3.8) is 0 Å². The van der Waals surface area contributed by atoms with Gasteiger partial charge in [-0.05, 0) is 61.7 Å². The fraction of sp³-hybridized carbons (Fsp3) is 0.435. The standard InChI is InChI=1S/C23H32N4O3/c1-28-19-6-4-18(5-7-19)16-27-12-10-17(11-13-27)15-25-23(24)26-21-14-20(29-2)8-9-22(21)30-3/h4-9,14,17H,10-13,15-16H2,1-3H3,(H3,24,25,26). The summed E-state index contributed by atoms with van der Waals surface area (Å²) in [6.07, 6.45) is 2.24. The van der Waals surface area contributed by atoms with Gasteiger partial charge >= 0.3 is 0 Å². The van der Waals surface area contributed by atoms with Crippen LogP contribution >= 0.6 is 0 Å². The van der Waals surface area contributed by atoms with Gasteiger partial charge in [0.1, 0.15) is 17.2 Å². The summed E-state index contributed by atoms with van der Waals surface area (Å²) in [7, 11) is 4.95. The smallest absolute Gasteiger partial charge is 0.193 e. The molecule has 0 bridgehead atoms. The van der Waals surface area contributed by atoms with Crippen LogP contribution in [0.2, 0.25) is 0 Å². The molecule has 0 aromatic heterocycles. The van der Waals surface area contributed by atoms with E-state index < -0.39 is 0 Å². The topological polar surface area (TPSA) is 81.3 Å². The van der Waals surface area contributed by atoms with E-state index in [-0.39, 0.29) is 0 Å². The summed E-state index contributed by atoms with van der Waals surface area (Å²) in [5.74, 6) is 3.26. The molecule has 0 atom stereocenters.